The van der Waals surface area contributed by atoms with Crippen molar-refractivity contribution < 1.29 is 121 Å². The van der Waals surface area contributed by atoms with Gasteiger partial charge in [-0.05, 0) is 232 Å². The number of carbonyl (C=O) groups excluding carboxylic acids is 12. The van der Waals surface area contributed by atoms with Gasteiger partial charge in [0.05, 0.1) is 38.8 Å². The summed E-state index contributed by atoms with van der Waals surface area (Å²) in [6.45, 7) is 40.6. The molecule has 722 valence electrons. The Morgan fingerprint density at radius 3 is 1.33 bits per heavy atom. The summed E-state index contributed by atoms with van der Waals surface area (Å²) in [5.74, 6) is -2.41. The molecule has 4 heterocycles. The number of halogens is 1. The molecule has 2 N–H and O–H groups in total. The summed E-state index contributed by atoms with van der Waals surface area (Å²) in [5.41, 5.74) is -9.04. The minimum absolute atomic E-state index is 0.0197. The number of hydrogen-bond donors (Lipinski definition) is 2. The standard InChI is InChI=1S/C36H43IO12.C19H32O2.C18H26O6.C16H26O4.C13H24O2/c1-7-33(3,4)27(38)44-23-18-14-21-25(23)46-29(40)35(21,16-18)31(42)48-37(20-12-10-9-11-13-20)49-32(43)36-17-19-15-22(36)26(47-30(36)41)24(19)45-28(39)34(5,6)8-2;1-6-18(4,5)17(20)21-19(12(2)3)15-8-13-7-14(10-15)11-16(19)9-13;1-4-18(2,3)17(21)22-9-14(19)24-15-11-5-10-6-12(8-11)16(20)23-13(15)7-10;1-4-13(2,3)12(17)20-16-7-11-5-14(18,9-16)8-15(19,6-11)10-16;1-5-12(3,4)11(14)15-13(6-2)9-7-8-10-13/h9-13,18-19,21-26H,7-8,14-17H2,1-6H3;12-16H,6-11H2,1-5H3;10-13,15H,4-9H2,1-3H3;11,18-19H,4-10H2,1-3H3;5-10H2,1-4H3. The van der Waals surface area contributed by atoms with Crippen LogP contribution in [0.3, 0.4) is 0 Å². The molecule has 0 amide bonds. The number of rotatable bonds is 27. The van der Waals surface area contributed by atoms with E-state index in [1.807, 2.05) is 76.2 Å². The van der Waals surface area contributed by atoms with Gasteiger partial charge in [0.2, 0.25) is 0 Å². The van der Waals surface area contributed by atoms with Gasteiger partial charge in [0.25, 0.3) is 0 Å². The summed E-state index contributed by atoms with van der Waals surface area (Å²) in [6, 6.07) is 8.58. The van der Waals surface area contributed by atoms with E-state index in [4.69, 9.17) is 53.5 Å². The second-order valence-corrected chi connectivity index (χ2v) is 49.7. The Balaban J connectivity index is 0.000000149. The largest absolute Gasteiger partial charge is 0.459 e. The van der Waals surface area contributed by atoms with Crippen LogP contribution in [0.25, 0.3) is 0 Å². The van der Waals surface area contributed by atoms with Crippen LogP contribution in [0.2, 0.25) is 0 Å². The number of carbonyl (C=O) groups is 12. The molecule has 19 fully saturated rings. The van der Waals surface area contributed by atoms with E-state index in [-0.39, 0.29) is 113 Å². The number of benzene rings is 1. The molecule has 4 saturated heterocycles. The Kier molecular flexibility index (Phi) is 28.6. The first-order chi connectivity index (χ1) is 60.2. The molecule has 17 atom stereocenters. The van der Waals surface area contributed by atoms with Crippen molar-refractivity contribution in [3.8, 4) is 0 Å². The molecule has 0 radical (unpaired) electrons. The quantitative estimate of drug-likeness (QED) is 0.0357. The Hall–Kier alpha value is -6.49. The fourth-order valence-corrected chi connectivity index (χ4v) is 28.3. The summed E-state index contributed by atoms with van der Waals surface area (Å²) in [4.78, 5) is 154. The van der Waals surface area contributed by atoms with Crippen LogP contribution < -0.4 is 0 Å². The molecule has 1 aromatic carbocycles. The van der Waals surface area contributed by atoms with E-state index in [0.717, 1.165) is 95.3 Å². The van der Waals surface area contributed by atoms with E-state index in [1.54, 1.807) is 71.9 Å². The first kappa shape index (κ1) is 100.0. The van der Waals surface area contributed by atoms with Gasteiger partial charge in [-0.15, -0.1) is 0 Å². The topological polar surface area (TPSA) is 356 Å². The minimum atomic E-state index is -3.65. The van der Waals surface area contributed by atoms with Crippen molar-refractivity contribution in [2.45, 2.75) is 403 Å². The van der Waals surface area contributed by atoms with Gasteiger partial charge in [0.1, 0.15) is 29.0 Å². The van der Waals surface area contributed by atoms with Crippen LogP contribution in [0.1, 0.15) is 338 Å². The molecular formula is C102H151IO26. The van der Waals surface area contributed by atoms with E-state index in [0.29, 0.717) is 78.6 Å². The van der Waals surface area contributed by atoms with Crippen LogP contribution in [0.15, 0.2) is 30.3 Å². The molecule has 16 bridgehead atoms. The normalized spacial score (nSPS) is 36.7. The molecule has 20 rings (SSSR count). The zero-order valence-corrected chi connectivity index (χ0v) is 83.0. The molecule has 19 aliphatic rings. The van der Waals surface area contributed by atoms with E-state index in [2.05, 4.69) is 27.7 Å². The Bertz CT molecular complexity index is 4230. The SMILES string of the molecule is CCC(C)(C)C(=O)OC1(C(C)C)C2CC3CC(C2)CC1C3.CCC(C)(C)C(=O)OC12CC3CC(O)(CC(O)(C3)C1)C2.CCC(C)(C)C(=O)OC1C2CC3C1OC(=O)C3(C(=O)OI(OC(=O)C13CC4CC1C(OC3=O)C4OC(=O)C(C)(C)CC)c1ccccc1)C2.CCC(C)(C)C(=O)OCC(=O)OC1C2CC3CC(C2)C(=O)OC1C3.CCC1(OC(=O)C(C)(C)CC)CCCC1. The number of ether oxygens (including phenoxy) is 10. The summed E-state index contributed by atoms with van der Waals surface area (Å²) < 4.78 is 70.0. The Morgan fingerprint density at radius 1 is 0.450 bits per heavy atom. The van der Waals surface area contributed by atoms with Crippen molar-refractivity contribution in [2.24, 2.45) is 120 Å². The average molecular weight is 1920 g/mol. The van der Waals surface area contributed by atoms with Crippen LogP contribution in [-0.4, -0.2) is 153 Å². The van der Waals surface area contributed by atoms with Gasteiger partial charge in [-0.1, -0.05) is 48.5 Å². The zero-order valence-electron chi connectivity index (χ0n) is 80.8. The summed E-state index contributed by atoms with van der Waals surface area (Å²) in [5, 5.41) is 21.3. The average Bonchev–Trinajstić information content (AvgIpc) is 1.58. The van der Waals surface area contributed by atoms with E-state index >= 15 is 0 Å². The van der Waals surface area contributed by atoms with Crippen LogP contribution >= 0.6 is 20.6 Å². The molecule has 27 heteroatoms. The number of hydrogen-bond acceptors (Lipinski definition) is 26. The first-order valence-electron chi connectivity index (χ1n) is 49.0. The minimum Gasteiger partial charge on any atom is -0.459 e. The van der Waals surface area contributed by atoms with Gasteiger partial charge < -0.3 is 38.6 Å². The summed E-state index contributed by atoms with van der Waals surface area (Å²) >= 11 is -3.65. The summed E-state index contributed by atoms with van der Waals surface area (Å²) in [7, 11) is 0. The molecule has 0 spiro atoms. The van der Waals surface area contributed by atoms with Crippen molar-refractivity contribution >= 4 is 92.3 Å². The fourth-order valence-electron chi connectivity index (χ4n) is 25.2. The second kappa shape index (κ2) is 37.0. The fraction of sp³-hybridized carbons (Fsp3) is 0.824. The monoisotopic (exact) mass is 1920 g/mol. The maximum absolute atomic E-state index is 14.1. The van der Waals surface area contributed by atoms with Gasteiger partial charge >= 0.3 is 330 Å². The predicted octanol–water partition coefficient (Wildman–Crippen LogP) is 17.8. The predicted molar refractivity (Wildman–Crippen MR) is 480 cm³/mol. The zero-order chi connectivity index (χ0) is 94.5. The third kappa shape index (κ3) is 19.2. The van der Waals surface area contributed by atoms with Gasteiger partial charge in [-0.25, -0.2) is 4.79 Å². The van der Waals surface area contributed by atoms with Crippen molar-refractivity contribution in [1.29, 1.82) is 0 Å². The van der Waals surface area contributed by atoms with Crippen molar-refractivity contribution in [2.75, 3.05) is 6.61 Å². The van der Waals surface area contributed by atoms with Gasteiger partial charge in [-0.3, -0.25) is 24.0 Å². The number of aliphatic hydroxyl groups is 2. The van der Waals surface area contributed by atoms with Gasteiger partial charge in [-0.2, -0.15) is 0 Å². The van der Waals surface area contributed by atoms with Crippen LogP contribution in [-0.2, 0) is 111 Å². The van der Waals surface area contributed by atoms with Crippen LogP contribution in [0, 0.1) is 124 Å². The smallest absolute Gasteiger partial charge is 0.344 e. The number of esters is 10. The second-order valence-electron chi connectivity index (χ2n) is 46.3. The van der Waals surface area contributed by atoms with Crippen molar-refractivity contribution in [1.82, 2.24) is 0 Å². The molecule has 15 saturated carbocycles. The maximum atomic E-state index is 14.1. The summed E-state index contributed by atoms with van der Waals surface area (Å²) in [6.07, 6.45) is 20.9. The Morgan fingerprint density at radius 2 is 0.884 bits per heavy atom. The third-order valence-corrected chi connectivity index (χ3v) is 38.2. The molecule has 15 aliphatic carbocycles. The third-order valence-electron chi connectivity index (χ3n) is 34.9. The van der Waals surface area contributed by atoms with Gasteiger partial charge in [0.15, 0.2) is 6.61 Å². The first-order valence-corrected chi connectivity index (χ1v) is 51.9. The maximum Gasteiger partial charge on any atom is 0.344 e. The number of fused-ring (bicyclic) bond motifs is 3. The van der Waals surface area contributed by atoms with Crippen molar-refractivity contribution in [3.63, 3.8) is 0 Å². The van der Waals surface area contributed by atoms with E-state index in [9.17, 15) is 67.7 Å². The molecule has 4 aliphatic heterocycles. The molecular weight excluding hydrogens is 1770 g/mol. The molecule has 0 aromatic heterocycles. The van der Waals surface area contributed by atoms with E-state index < -0.39 is 148 Å². The molecule has 26 nitrogen and oxygen atoms in total. The van der Waals surface area contributed by atoms with Crippen molar-refractivity contribution in [3.05, 3.63) is 33.9 Å². The van der Waals surface area contributed by atoms with Crippen LogP contribution in [0.5, 0.6) is 0 Å². The molecule has 1 aromatic rings. The molecule has 129 heavy (non-hydrogen) atoms. The van der Waals surface area contributed by atoms with Crippen LogP contribution in [0.4, 0.5) is 0 Å². The van der Waals surface area contributed by atoms with Gasteiger partial charge in [0, 0.05) is 25.2 Å². The Labute approximate surface area is 772 Å². The molecule has 17 unspecified atom stereocenters. The van der Waals surface area contributed by atoms with E-state index in [1.165, 1.54) is 44.9 Å².